The summed E-state index contributed by atoms with van der Waals surface area (Å²) in [6.45, 7) is 9.54. The van der Waals surface area contributed by atoms with Crippen LogP contribution in [-0.2, 0) is 6.54 Å². The lowest BCUT2D eigenvalue weighted by Crippen LogP contribution is -2.22. The number of fused-ring (bicyclic) bond motifs is 1. The predicted molar refractivity (Wildman–Crippen MR) is 100 cm³/mol. The fraction of sp³-hybridized carbons (Fsp3) is 0.450. The zero-order valence-electron chi connectivity index (χ0n) is 15.5. The molecule has 1 atom stereocenters. The van der Waals surface area contributed by atoms with Gasteiger partial charge in [-0.2, -0.15) is 5.10 Å². The van der Waals surface area contributed by atoms with Crippen LogP contribution >= 0.6 is 0 Å². The summed E-state index contributed by atoms with van der Waals surface area (Å²) in [5.74, 6) is 0.909. The van der Waals surface area contributed by atoms with E-state index < -0.39 is 0 Å². The van der Waals surface area contributed by atoms with E-state index in [1.165, 1.54) is 27.9 Å². The van der Waals surface area contributed by atoms with Crippen LogP contribution in [0.2, 0.25) is 0 Å². The monoisotopic (exact) mass is 338 g/mol. The van der Waals surface area contributed by atoms with Crippen LogP contribution in [-0.4, -0.2) is 39.9 Å². The SMILES string of the molecule is COc1ccc2[nH]c(CN3CC[C@H](n4nc(C)cc4C)C3)c(C)c2c1. The van der Waals surface area contributed by atoms with E-state index in [-0.39, 0.29) is 0 Å². The number of aryl methyl sites for hydroxylation is 3. The van der Waals surface area contributed by atoms with Gasteiger partial charge in [-0.1, -0.05) is 0 Å². The van der Waals surface area contributed by atoms with E-state index in [4.69, 9.17) is 4.74 Å². The van der Waals surface area contributed by atoms with Crippen molar-refractivity contribution in [1.82, 2.24) is 19.7 Å². The normalized spacial score (nSPS) is 18.3. The van der Waals surface area contributed by atoms with E-state index in [2.05, 4.69) is 58.6 Å². The molecule has 5 heteroatoms. The number of likely N-dealkylation sites (tertiary alicyclic amines) is 1. The Kier molecular flexibility index (Phi) is 4.04. The summed E-state index contributed by atoms with van der Waals surface area (Å²) in [4.78, 5) is 6.12. The molecule has 1 saturated heterocycles. The molecule has 1 fully saturated rings. The third-order valence-electron chi connectivity index (χ3n) is 5.39. The van der Waals surface area contributed by atoms with Gasteiger partial charge in [0.15, 0.2) is 0 Å². The average molecular weight is 338 g/mol. The molecule has 5 nitrogen and oxygen atoms in total. The van der Waals surface area contributed by atoms with Crippen molar-refractivity contribution in [3.63, 3.8) is 0 Å². The summed E-state index contributed by atoms with van der Waals surface area (Å²) in [6.07, 6.45) is 1.16. The molecule has 0 aliphatic carbocycles. The van der Waals surface area contributed by atoms with Crippen LogP contribution < -0.4 is 4.74 Å². The Hall–Kier alpha value is -2.27. The fourth-order valence-corrected chi connectivity index (χ4v) is 4.04. The van der Waals surface area contributed by atoms with Crippen LogP contribution in [0.4, 0.5) is 0 Å². The van der Waals surface area contributed by atoms with Gasteiger partial charge in [0.2, 0.25) is 0 Å². The molecule has 1 aliphatic rings. The quantitative estimate of drug-likeness (QED) is 0.788. The number of methoxy groups -OCH3 is 1. The number of hydrogen-bond acceptors (Lipinski definition) is 3. The Balaban J connectivity index is 1.52. The van der Waals surface area contributed by atoms with Crippen LogP contribution in [0.15, 0.2) is 24.3 Å². The molecule has 0 saturated carbocycles. The maximum absolute atomic E-state index is 5.36. The molecule has 1 aliphatic heterocycles. The summed E-state index contributed by atoms with van der Waals surface area (Å²) in [5.41, 5.74) is 6.18. The third-order valence-corrected chi connectivity index (χ3v) is 5.39. The maximum Gasteiger partial charge on any atom is 0.119 e. The van der Waals surface area contributed by atoms with Gasteiger partial charge in [0.25, 0.3) is 0 Å². The molecule has 4 rings (SSSR count). The van der Waals surface area contributed by atoms with E-state index in [9.17, 15) is 0 Å². The zero-order chi connectivity index (χ0) is 17.6. The van der Waals surface area contributed by atoms with E-state index in [0.717, 1.165) is 37.5 Å². The molecule has 0 amide bonds. The highest BCUT2D eigenvalue weighted by Gasteiger charge is 2.26. The molecular formula is C20H26N4O. The minimum Gasteiger partial charge on any atom is -0.497 e. The van der Waals surface area contributed by atoms with Gasteiger partial charge in [0, 0.05) is 41.9 Å². The smallest absolute Gasteiger partial charge is 0.119 e. The van der Waals surface area contributed by atoms with Crippen molar-refractivity contribution in [2.45, 2.75) is 39.8 Å². The van der Waals surface area contributed by atoms with Gasteiger partial charge < -0.3 is 9.72 Å². The number of H-pyrrole nitrogens is 1. The van der Waals surface area contributed by atoms with Crippen molar-refractivity contribution in [3.05, 3.63) is 46.9 Å². The summed E-state index contributed by atoms with van der Waals surface area (Å²) in [6, 6.07) is 8.88. The van der Waals surface area contributed by atoms with Gasteiger partial charge in [0.05, 0.1) is 18.8 Å². The standard InChI is InChI=1S/C20H26N4O/c1-13-9-14(2)24(22-13)16-7-8-23(11-16)12-20-15(3)18-10-17(25-4)5-6-19(18)21-20/h5-6,9-10,16,21H,7-8,11-12H2,1-4H3/t16-/m0/s1. The lowest BCUT2D eigenvalue weighted by Gasteiger charge is -2.17. The Morgan fingerprint density at radius 1 is 1.24 bits per heavy atom. The van der Waals surface area contributed by atoms with Crippen molar-refractivity contribution >= 4 is 10.9 Å². The van der Waals surface area contributed by atoms with Crippen LogP contribution in [0.3, 0.4) is 0 Å². The summed E-state index contributed by atoms with van der Waals surface area (Å²) in [5, 5.41) is 5.93. The first-order chi connectivity index (χ1) is 12.0. The van der Waals surface area contributed by atoms with Crippen molar-refractivity contribution in [3.8, 4) is 5.75 Å². The Morgan fingerprint density at radius 3 is 2.80 bits per heavy atom. The molecule has 1 aromatic carbocycles. The highest BCUT2D eigenvalue weighted by atomic mass is 16.5. The number of nitrogens with zero attached hydrogens (tertiary/aromatic N) is 3. The van der Waals surface area contributed by atoms with Gasteiger partial charge in [-0.15, -0.1) is 0 Å². The molecule has 3 aromatic rings. The lowest BCUT2D eigenvalue weighted by molar-refractivity contribution is 0.307. The first-order valence-corrected chi connectivity index (χ1v) is 8.95. The molecule has 1 N–H and O–H groups in total. The second-order valence-electron chi connectivity index (χ2n) is 7.19. The molecule has 132 valence electrons. The van der Waals surface area contributed by atoms with Crippen LogP contribution in [0.5, 0.6) is 5.75 Å². The Bertz CT molecular complexity index is 908. The maximum atomic E-state index is 5.36. The largest absolute Gasteiger partial charge is 0.497 e. The average Bonchev–Trinajstić information content (AvgIpc) is 3.27. The minimum atomic E-state index is 0.485. The second-order valence-corrected chi connectivity index (χ2v) is 7.19. The minimum absolute atomic E-state index is 0.485. The highest BCUT2D eigenvalue weighted by molar-refractivity contribution is 5.85. The highest BCUT2D eigenvalue weighted by Crippen LogP contribution is 2.29. The molecule has 0 spiro atoms. The van der Waals surface area contributed by atoms with Crippen LogP contribution in [0, 0.1) is 20.8 Å². The number of hydrogen-bond donors (Lipinski definition) is 1. The van der Waals surface area contributed by atoms with E-state index >= 15 is 0 Å². The third kappa shape index (κ3) is 2.93. The van der Waals surface area contributed by atoms with Gasteiger partial charge in [-0.25, -0.2) is 0 Å². The lowest BCUT2D eigenvalue weighted by atomic mass is 10.1. The molecule has 0 radical (unpaired) electrons. The number of aromatic nitrogens is 3. The van der Waals surface area contributed by atoms with E-state index in [1.807, 2.05) is 6.07 Å². The van der Waals surface area contributed by atoms with Crippen molar-refractivity contribution in [2.75, 3.05) is 20.2 Å². The zero-order valence-corrected chi connectivity index (χ0v) is 15.5. The van der Waals surface area contributed by atoms with E-state index in [0.29, 0.717) is 6.04 Å². The number of benzene rings is 1. The number of rotatable bonds is 4. The fourth-order valence-electron chi connectivity index (χ4n) is 4.04. The van der Waals surface area contributed by atoms with Gasteiger partial charge >= 0.3 is 0 Å². The Morgan fingerprint density at radius 2 is 2.08 bits per heavy atom. The van der Waals surface area contributed by atoms with Crippen LogP contribution in [0.1, 0.15) is 35.1 Å². The second kappa shape index (κ2) is 6.23. The molecule has 3 heterocycles. The molecular weight excluding hydrogens is 312 g/mol. The van der Waals surface area contributed by atoms with Crippen LogP contribution in [0.25, 0.3) is 10.9 Å². The number of nitrogens with one attached hydrogen (secondary N) is 1. The molecule has 0 bridgehead atoms. The van der Waals surface area contributed by atoms with E-state index in [1.54, 1.807) is 7.11 Å². The summed E-state index contributed by atoms with van der Waals surface area (Å²) < 4.78 is 7.57. The van der Waals surface area contributed by atoms with Gasteiger partial charge in [-0.3, -0.25) is 9.58 Å². The first-order valence-electron chi connectivity index (χ1n) is 8.95. The molecule has 0 unspecified atom stereocenters. The van der Waals surface area contributed by atoms with Gasteiger partial charge in [0.1, 0.15) is 5.75 Å². The van der Waals surface area contributed by atoms with Gasteiger partial charge in [-0.05, 0) is 57.0 Å². The van der Waals surface area contributed by atoms with Crippen molar-refractivity contribution < 1.29 is 4.74 Å². The molecule has 2 aromatic heterocycles. The van der Waals surface area contributed by atoms with Crippen molar-refractivity contribution in [1.29, 1.82) is 0 Å². The molecule has 25 heavy (non-hydrogen) atoms. The summed E-state index contributed by atoms with van der Waals surface area (Å²) in [7, 11) is 1.72. The predicted octanol–water partition coefficient (Wildman–Crippen LogP) is 3.75. The van der Waals surface area contributed by atoms with Crippen molar-refractivity contribution in [2.24, 2.45) is 0 Å². The summed E-state index contributed by atoms with van der Waals surface area (Å²) >= 11 is 0. The first kappa shape index (κ1) is 16.2. The number of aromatic amines is 1. The number of ether oxygens (including phenoxy) is 1. The topological polar surface area (TPSA) is 46.1 Å². The Labute approximate surface area is 148 Å².